The molecular formula is C75H114F8N12O14. The molecule has 2 unspecified atom stereocenters. The Balaban J connectivity index is 1.21. The van der Waals surface area contributed by atoms with Gasteiger partial charge in [0.2, 0.25) is 70.9 Å². The molecule has 4 saturated carbocycles. The van der Waals surface area contributed by atoms with Crippen molar-refractivity contribution >= 4 is 70.9 Å². The van der Waals surface area contributed by atoms with Gasteiger partial charge in [-0.15, -0.1) is 0 Å². The lowest BCUT2D eigenvalue weighted by Gasteiger charge is -2.46. The van der Waals surface area contributed by atoms with E-state index < -0.39 is 229 Å². The fraction of sp³-hybridized carbons (Fsp3) is 0.813. The summed E-state index contributed by atoms with van der Waals surface area (Å²) < 4.78 is 127. The second-order valence-electron chi connectivity index (χ2n) is 31.8. The van der Waals surface area contributed by atoms with Crippen LogP contribution in [0.3, 0.4) is 0 Å². The van der Waals surface area contributed by atoms with Gasteiger partial charge in [0, 0.05) is 82.0 Å². The van der Waals surface area contributed by atoms with Crippen molar-refractivity contribution in [3.05, 3.63) is 12.2 Å². The first-order valence-corrected chi connectivity index (χ1v) is 38.9. The van der Waals surface area contributed by atoms with Gasteiger partial charge < -0.3 is 69.5 Å². The van der Waals surface area contributed by atoms with E-state index in [1.54, 1.807) is 39.8 Å². The fourth-order valence-electron chi connectivity index (χ4n) is 17.6. The predicted octanol–water partition coefficient (Wildman–Crippen LogP) is 5.48. The second-order valence-corrected chi connectivity index (χ2v) is 31.8. The van der Waals surface area contributed by atoms with Gasteiger partial charge in [0.25, 0.3) is 0 Å². The van der Waals surface area contributed by atoms with Crippen LogP contribution in [-0.4, -0.2) is 301 Å². The Morgan fingerprint density at radius 3 is 1.89 bits per heavy atom. The second kappa shape index (κ2) is 37.4. The number of rotatable bonds is 12. The molecule has 2 bridgehead atoms. The van der Waals surface area contributed by atoms with Gasteiger partial charge in [-0.25, -0.2) is 8.78 Å². The van der Waals surface area contributed by atoms with Crippen LogP contribution >= 0.6 is 0 Å². The number of carbonyl (C=O) groups excluding carboxylic acids is 12. The Bertz CT molecular complexity index is 3290. The van der Waals surface area contributed by atoms with Crippen molar-refractivity contribution in [2.75, 3.05) is 95.3 Å². The van der Waals surface area contributed by atoms with Crippen molar-refractivity contribution in [3.63, 3.8) is 0 Å². The van der Waals surface area contributed by atoms with Gasteiger partial charge in [-0.3, -0.25) is 57.5 Å². The number of hydrogen-bond donors (Lipinski definition) is 3. The standard InChI is InChI=1S/C75H114F8N12O14/c1-12-43(4)61-70(105)94-33-34-108-42-57(94)68(103)90(9)53-23-16-15-19-32-93(69(53)104)56(37-44-24-27-47(28-25-44)74(78,79)80)67(102)88(7)41-58(96)84-51(29-26-45-35-49(76)60(50(77)36-45)75(81,82)83)65(100)95-40-48(109-14-3)38-54(95)64(99)86-73(30-20-31-73)72(107)92(11)62(46-21-17-18-22-46)71(106)91(10)55(66(101)87(5)6)39-59(97)89(8)52(13-2)63(98)85-61/h15-16,43-57,60-62H,12-14,17-42H2,1-11H3,(H,84,96)(H,85,98)(H,86,99)/b16-15-/t43-,44?,45?,47?,48+,49?,50?,51-,52-,53-,54-,55-,56-,57-,60?,61-,62-/m0/s1. The number of amides is 12. The molecule has 4 aliphatic carbocycles. The summed E-state index contributed by atoms with van der Waals surface area (Å²) in [6.45, 7) is 4.92. The molecule has 12 amide bonds. The van der Waals surface area contributed by atoms with Gasteiger partial charge in [0.15, 0.2) is 0 Å². The summed E-state index contributed by atoms with van der Waals surface area (Å²) in [7, 11) is 9.50. The van der Waals surface area contributed by atoms with Crippen molar-refractivity contribution in [2.24, 2.45) is 35.5 Å². The number of alkyl halides is 8. The summed E-state index contributed by atoms with van der Waals surface area (Å²) in [5.41, 5.74) is -1.69. The molecule has 3 N–H and O–H groups in total. The van der Waals surface area contributed by atoms with Crippen LogP contribution in [0.25, 0.3) is 0 Å². The Hall–Kier alpha value is -7.26. The molecule has 0 aromatic rings. The van der Waals surface area contributed by atoms with E-state index in [1.807, 2.05) is 0 Å². The van der Waals surface area contributed by atoms with Crippen LogP contribution in [0.5, 0.6) is 0 Å². The van der Waals surface area contributed by atoms with Crippen molar-refractivity contribution in [2.45, 2.75) is 260 Å². The normalized spacial score (nSPS) is 33.0. The number of likely N-dealkylation sites (N-methyl/N-ethyl adjacent to an activating group) is 6. The Morgan fingerprint density at radius 1 is 0.661 bits per heavy atom. The third-order valence-corrected chi connectivity index (χ3v) is 24.5. The molecule has 3 saturated heterocycles. The molecule has 8 aliphatic rings. The highest BCUT2D eigenvalue weighted by Crippen LogP contribution is 2.46. The molecule has 26 nitrogen and oxygen atoms in total. The lowest BCUT2D eigenvalue weighted by atomic mass is 9.74. The first kappa shape index (κ1) is 87.3. The topological polar surface area (TPSA) is 289 Å². The maximum atomic E-state index is 15.6. The van der Waals surface area contributed by atoms with Crippen LogP contribution < -0.4 is 16.0 Å². The van der Waals surface area contributed by atoms with Gasteiger partial charge in [-0.05, 0) is 140 Å². The van der Waals surface area contributed by atoms with Gasteiger partial charge in [-0.1, -0.05) is 52.2 Å². The quantitative estimate of drug-likeness (QED) is 0.161. The average molecular weight is 1560 g/mol. The highest BCUT2D eigenvalue weighted by atomic mass is 19.4. The number of halogens is 8. The zero-order valence-electron chi connectivity index (χ0n) is 64.8. The van der Waals surface area contributed by atoms with Crippen LogP contribution in [0.2, 0.25) is 0 Å². The number of carbonyl (C=O) groups is 12. The summed E-state index contributed by atoms with van der Waals surface area (Å²) in [5.74, 6) is -16.9. The number of morpholine rings is 1. The van der Waals surface area contributed by atoms with E-state index in [4.69, 9.17) is 9.47 Å². The van der Waals surface area contributed by atoms with Crippen LogP contribution in [0.4, 0.5) is 35.1 Å². The zero-order valence-corrected chi connectivity index (χ0v) is 64.8. The largest absolute Gasteiger partial charge is 0.397 e. The van der Waals surface area contributed by atoms with Gasteiger partial charge >= 0.3 is 12.4 Å². The van der Waals surface area contributed by atoms with Crippen LogP contribution in [-0.2, 0) is 67.0 Å². The van der Waals surface area contributed by atoms with E-state index >= 15 is 47.1 Å². The van der Waals surface area contributed by atoms with E-state index in [2.05, 4.69) is 16.0 Å². The van der Waals surface area contributed by atoms with E-state index in [1.165, 1.54) is 68.9 Å². The summed E-state index contributed by atoms with van der Waals surface area (Å²) in [6.07, 6.45) is -13.4. The molecule has 8 rings (SSSR count). The average Bonchev–Trinajstić information content (AvgIpc) is 1.73. The SMILES string of the molecule is CCO[C@@H]1C[C@H]2C(=O)NC3(CCC3)C(=O)N(C)[C@@H](C3CCCC3)C(=O)N(C)[C@H](C(=O)N(C)C)CC(=O)N(C)[C@@H](CC)C(=O)N[C@@H]([C@@H](C)CC)C(=O)N3CCOC[C@H]3C(=O)N(C)[C@H]3C/C=C\CCN(C3=O)[C@@H](CC3CCC(C(F)(F)F)CC3)C(=O)N(C)CC(=O)N[C@@H](CCC3CC(F)C(C(F)(F)F)C(F)C3)C(=O)N2C1. The highest BCUT2D eigenvalue weighted by Gasteiger charge is 2.57. The van der Waals surface area contributed by atoms with Crippen molar-refractivity contribution in [1.29, 1.82) is 0 Å². The predicted molar refractivity (Wildman–Crippen MR) is 381 cm³/mol. The van der Waals surface area contributed by atoms with Crippen molar-refractivity contribution in [3.8, 4) is 0 Å². The Morgan fingerprint density at radius 2 is 1.31 bits per heavy atom. The van der Waals surface area contributed by atoms with E-state index in [9.17, 15) is 45.5 Å². The molecule has 4 heterocycles. The number of nitrogens with zero attached hydrogens (tertiary/aromatic N) is 9. The Labute approximate surface area is 633 Å². The molecule has 1 spiro atoms. The van der Waals surface area contributed by atoms with Crippen LogP contribution in [0, 0.1) is 35.5 Å². The van der Waals surface area contributed by atoms with Crippen LogP contribution in [0.15, 0.2) is 12.2 Å². The minimum atomic E-state index is -5.22. The first-order valence-electron chi connectivity index (χ1n) is 38.9. The third-order valence-electron chi connectivity index (χ3n) is 24.5. The van der Waals surface area contributed by atoms with E-state index in [0.717, 1.165) is 24.5 Å². The number of ether oxygens (including phenoxy) is 2. The van der Waals surface area contributed by atoms with Crippen molar-refractivity contribution < 1.29 is 102 Å². The maximum Gasteiger partial charge on any atom is 0.397 e. The summed E-state index contributed by atoms with van der Waals surface area (Å²) in [5, 5.41) is 8.41. The monoisotopic (exact) mass is 1560 g/mol. The molecule has 0 radical (unpaired) electrons. The summed E-state index contributed by atoms with van der Waals surface area (Å²) in [4.78, 5) is 193. The molecular weight excluding hydrogens is 1440 g/mol. The fourth-order valence-corrected chi connectivity index (χ4v) is 17.6. The molecule has 34 heteroatoms. The molecule has 13 atom stereocenters. The molecule has 7 fully saturated rings. The lowest BCUT2D eigenvalue weighted by molar-refractivity contribution is -0.219. The summed E-state index contributed by atoms with van der Waals surface area (Å²) >= 11 is 0. The first-order chi connectivity index (χ1) is 51.3. The number of nitrogens with one attached hydrogen (secondary N) is 3. The molecule has 0 aromatic carbocycles. The summed E-state index contributed by atoms with van der Waals surface area (Å²) in [6, 6.07) is -12.9. The van der Waals surface area contributed by atoms with Crippen molar-refractivity contribution in [1.82, 2.24) is 60.0 Å². The molecule has 614 valence electrons. The third kappa shape index (κ3) is 20.3. The van der Waals surface area contributed by atoms with Crippen LogP contribution in [0.1, 0.15) is 169 Å². The number of hydrogen-bond acceptors (Lipinski definition) is 14. The lowest BCUT2D eigenvalue weighted by Crippen LogP contribution is -2.68. The number of fused-ring (bicyclic) bond motifs is 4. The van der Waals surface area contributed by atoms with E-state index in [-0.39, 0.29) is 117 Å². The molecule has 4 aliphatic heterocycles. The van der Waals surface area contributed by atoms with Gasteiger partial charge in [0.05, 0.1) is 38.2 Å². The minimum absolute atomic E-state index is 0.0122. The maximum absolute atomic E-state index is 15.6. The smallest absolute Gasteiger partial charge is 0.377 e. The Kier molecular flexibility index (Phi) is 29.9. The van der Waals surface area contributed by atoms with Gasteiger partial charge in [-0.2, -0.15) is 26.3 Å². The van der Waals surface area contributed by atoms with Gasteiger partial charge in [0.1, 0.15) is 78.2 Å². The molecule has 109 heavy (non-hydrogen) atoms. The zero-order chi connectivity index (χ0) is 80.5. The van der Waals surface area contributed by atoms with E-state index in [0.29, 0.717) is 38.5 Å². The molecule has 0 aromatic heterocycles. The minimum Gasteiger partial charge on any atom is -0.377 e. The highest BCUT2D eigenvalue weighted by molar-refractivity contribution is 6.01.